The lowest BCUT2D eigenvalue weighted by atomic mass is 10.2. The van der Waals surface area contributed by atoms with Crippen LogP contribution in [0.1, 0.15) is 61.1 Å². The molecule has 0 spiro atoms. The van der Waals surface area contributed by atoms with Crippen molar-refractivity contribution in [2.45, 2.75) is 50.0 Å². The Balaban J connectivity index is 1.91. The molecule has 0 aliphatic heterocycles. The fraction of sp³-hybridized carbons (Fsp3) is 0.412. The fourth-order valence-electron chi connectivity index (χ4n) is 2.72. The number of anilines is 1. The van der Waals surface area contributed by atoms with Crippen LogP contribution in [0.3, 0.4) is 0 Å². The number of sulfonamides is 1. The molecule has 1 unspecified atom stereocenters. The van der Waals surface area contributed by atoms with Gasteiger partial charge in [0.15, 0.2) is 0 Å². The summed E-state index contributed by atoms with van der Waals surface area (Å²) in [6.07, 6.45) is 4.53. The van der Waals surface area contributed by atoms with Gasteiger partial charge in [-0.2, -0.15) is 5.10 Å². The minimum absolute atomic E-state index is 0.0236. The SMILES string of the molecule is CCC(C)n1ncc(NS(=O)(=O)c2ccc(C(=O)O)cc2)c1C1CC1. The summed E-state index contributed by atoms with van der Waals surface area (Å²) in [4.78, 5) is 10.9. The Kier molecular flexibility index (Phi) is 4.55. The lowest BCUT2D eigenvalue weighted by molar-refractivity contribution is 0.0696. The number of hydrogen-bond acceptors (Lipinski definition) is 4. The van der Waals surface area contributed by atoms with Crippen LogP contribution in [0.25, 0.3) is 0 Å². The Labute approximate surface area is 146 Å². The van der Waals surface area contributed by atoms with E-state index in [2.05, 4.69) is 23.7 Å². The molecule has 7 nitrogen and oxygen atoms in total. The molecule has 1 saturated carbocycles. The second-order valence-electron chi connectivity index (χ2n) is 6.35. The van der Waals surface area contributed by atoms with Crippen LogP contribution in [-0.2, 0) is 10.0 Å². The molecule has 1 aliphatic rings. The summed E-state index contributed by atoms with van der Waals surface area (Å²) in [5.74, 6) is -0.758. The second-order valence-corrected chi connectivity index (χ2v) is 8.04. The van der Waals surface area contributed by atoms with Gasteiger partial charge >= 0.3 is 5.97 Å². The van der Waals surface area contributed by atoms with Crippen LogP contribution >= 0.6 is 0 Å². The summed E-state index contributed by atoms with van der Waals surface area (Å²) in [5, 5.41) is 13.3. The largest absolute Gasteiger partial charge is 0.478 e. The van der Waals surface area contributed by atoms with Gasteiger partial charge in [-0.3, -0.25) is 9.40 Å². The van der Waals surface area contributed by atoms with E-state index >= 15 is 0 Å². The summed E-state index contributed by atoms with van der Waals surface area (Å²) in [6, 6.07) is 5.34. The van der Waals surface area contributed by atoms with Gasteiger partial charge in [0.1, 0.15) is 0 Å². The van der Waals surface area contributed by atoms with Gasteiger partial charge in [-0.1, -0.05) is 6.92 Å². The lowest BCUT2D eigenvalue weighted by Gasteiger charge is -2.15. The molecule has 25 heavy (non-hydrogen) atoms. The van der Waals surface area contributed by atoms with Gasteiger partial charge in [-0.05, 0) is 50.5 Å². The third kappa shape index (κ3) is 3.53. The Hall–Kier alpha value is -2.35. The lowest BCUT2D eigenvalue weighted by Crippen LogP contribution is -2.15. The first-order chi connectivity index (χ1) is 11.8. The van der Waals surface area contributed by atoms with E-state index < -0.39 is 16.0 Å². The summed E-state index contributed by atoms with van der Waals surface area (Å²) >= 11 is 0. The first-order valence-electron chi connectivity index (χ1n) is 8.27. The second kappa shape index (κ2) is 6.51. The van der Waals surface area contributed by atoms with Crippen molar-refractivity contribution in [3.63, 3.8) is 0 Å². The first kappa shape index (κ1) is 17.5. The minimum Gasteiger partial charge on any atom is -0.478 e. The molecule has 2 N–H and O–H groups in total. The zero-order valence-corrected chi connectivity index (χ0v) is 15.0. The van der Waals surface area contributed by atoms with Crippen molar-refractivity contribution in [1.29, 1.82) is 0 Å². The van der Waals surface area contributed by atoms with Crippen LogP contribution in [0.15, 0.2) is 35.4 Å². The van der Waals surface area contributed by atoms with Crippen molar-refractivity contribution in [3.8, 4) is 0 Å². The van der Waals surface area contributed by atoms with Crippen LogP contribution in [0.2, 0.25) is 0 Å². The highest BCUT2D eigenvalue weighted by molar-refractivity contribution is 7.92. The Bertz CT molecular complexity index is 883. The molecule has 1 fully saturated rings. The summed E-state index contributed by atoms with van der Waals surface area (Å²) in [6.45, 7) is 4.12. The van der Waals surface area contributed by atoms with Crippen molar-refractivity contribution >= 4 is 21.7 Å². The number of hydrogen-bond donors (Lipinski definition) is 2. The van der Waals surface area contributed by atoms with Gasteiger partial charge in [-0.25, -0.2) is 13.2 Å². The van der Waals surface area contributed by atoms with Crippen molar-refractivity contribution in [3.05, 3.63) is 41.7 Å². The number of rotatable bonds is 7. The maximum atomic E-state index is 12.6. The molecular formula is C17H21N3O4S. The first-order valence-corrected chi connectivity index (χ1v) is 9.75. The third-order valence-electron chi connectivity index (χ3n) is 4.46. The number of carboxylic acid groups (broad SMARTS) is 1. The van der Waals surface area contributed by atoms with Gasteiger partial charge in [0.2, 0.25) is 0 Å². The monoisotopic (exact) mass is 363 g/mol. The van der Waals surface area contributed by atoms with E-state index in [-0.39, 0.29) is 16.5 Å². The highest BCUT2D eigenvalue weighted by atomic mass is 32.2. The normalized spacial score (nSPS) is 15.8. The average molecular weight is 363 g/mol. The van der Waals surface area contributed by atoms with E-state index in [0.29, 0.717) is 11.6 Å². The van der Waals surface area contributed by atoms with Crippen molar-refractivity contribution in [1.82, 2.24) is 9.78 Å². The Morgan fingerprint density at radius 2 is 2.00 bits per heavy atom. The molecule has 1 aromatic heterocycles. The summed E-state index contributed by atoms with van der Waals surface area (Å²) in [7, 11) is -3.80. The van der Waals surface area contributed by atoms with Crippen LogP contribution in [0.4, 0.5) is 5.69 Å². The topological polar surface area (TPSA) is 101 Å². The molecule has 0 bridgehead atoms. The van der Waals surface area contributed by atoms with E-state index in [9.17, 15) is 13.2 Å². The van der Waals surface area contributed by atoms with Crippen LogP contribution < -0.4 is 4.72 Å². The zero-order valence-electron chi connectivity index (χ0n) is 14.1. The molecule has 8 heteroatoms. The molecular weight excluding hydrogens is 342 g/mol. The van der Waals surface area contributed by atoms with Crippen molar-refractivity contribution in [2.75, 3.05) is 4.72 Å². The number of carbonyl (C=O) groups is 1. The molecule has 3 rings (SSSR count). The Morgan fingerprint density at radius 1 is 1.36 bits per heavy atom. The fourth-order valence-corrected chi connectivity index (χ4v) is 3.78. The Morgan fingerprint density at radius 3 is 2.52 bits per heavy atom. The van der Waals surface area contributed by atoms with Gasteiger partial charge in [-0.15, -0.1) is 0 Å². The van der Waals surface area contributed by atoms with E-state index in [1.807, 2.05) is 4.68 Å². The van der Waals surface area contributed by atoms with Crippen LogP contribution in [-0.4, -0.2) is 29.3 Å². The predicted molar refractivity (Wildman–Crippen MR) is 93.4 cm³/mol. The highest BCUT2D eigenvalue weighted by Crippen LogP contribution is 2.44. The molecule has 1 aliphatic carbocycles. The summed E-state index contributed by atoms with van der Waals surface area (Å²) in [5.41, 5.74) is 1.48. The molecule has 0 amide bonds. The molecule has 0 radical (unpaired) electrons. The maximum absolute atomic E-state index is 12.6. The average Bonchev–Trinajstić information content (AvgIpc) is 3.35. The molecule has 134 valence electrons. The number of nitrogens with one attached hydrogen (secondary N) is 1. The van der Waals surface area contributed by atoms with E-state index in [4.69, 9.17) is 5.11 Å². The predicted octanol–water partition coefficient (Wildman–Crippen LogP) is 3.23. The van der Waals surface area contributed by atoms with Gasteiger partial charge < -0.3 is 5.11 Å². The number of aromatic carboxylic acids is 1. The third-order valence-corrected chi connectivity index (χ3v) is 5.84. The van der Waals surface area contributed by atoms with E-state index in [0.717, 1.165) is 25.0 Å². The molecule has 1 heterocycles. The van der Waals surface area contributed by atoms with Crippen molar-refractivity contribution in [2.24, 2.45) is 0 Å². The minimum atomic E-state index is -3.80. The number of nitrogens with zero attached hydrogens (tertiary/aromatic N) is 2. The van der Waals surface area contributed by atoms with Gasteiger partial charge in [0.25, 0.3) is 10.0 Å². The zero-order chi connectivity index (χ0) is 18.2. The van der Waals surface area contributed by atoms with Crippen LogP contribution in [0, 0.1) is 0 Å². The highest BCUT2D eigenvalue weighted by Gasteiger charge is 2.32. The number of carboxylic acids is 1. The number of aromatic nitrogens is 2. The van der Waals surface area contributed by atoms with Gasteiger partial charge in [0.05, 0.1) is 28.0 Å². The molecule has 2 aromatic rings. The standard InChI is InChI=1S/C17H21N3O4S/c1-3-11(2)20-16(12-4-5-12)15(10-18-20)19-25(23,24)14-8-6-13(7-9-14)17(21)22/h6-12,19H,3-5H2,1-2H3,(H,21,22). The maximum Gasteiger partial charge on any atom is 0.335 e. The molecule has 0 saturated heterocycles. The van der Waals surface area contributed by atoms with E-state index in [1.165, 1.54) is 24.3 Å². The smallest absolute Gasteiger partial charge is 0.335 e. The van der Waals surface area contributed by atoms with E-state index in [1.54, 1.807) is 6.20 Å². The summed E-state index contributed by atoms with van der Waals surface area (Å²) < 4.78 is 29.8. The quantitative estimate of drug-likeness (QED) is 0.786. The van der Waals surface area contributed by atoms with Gasteiger partial charge in [0, 0.05) is 12.0 Å². The van der Waals surface area contributed by atoms with Crippen LogP contribution in [0.5, 0.6) is 0 Å². The van der Waals surface area contributed by atoms with Crippen molar-refractivity contribution < 1.29 is 18.3 Å². The molecule has 1 atom stereocenters. The number of benzene rings is 1. The molecule has 1 aromatic carbocycles.